The number of ether oxygens (including phenoxy) is 2. The van der Waals surface area contributed by atoms with Gasteiger partial charge in [0.15, 0.2) is 11.5 Å². The standard InChI is InChI=1S/C36H54O12/c1-31(2,45)12-11-23(39)36(8,46)28-19(38)14-33(5)22-10-9-17-18(35(22,7)24(40)15-34(28,33)6)13-20(29(44)32(17,3)4)47-30-27(43)26(42)25(41)21(16-37)48-30/h9,13,18-19,21-22,25-28,30,37-38,41-43,45-46H,10-12,14-16H2,1-8H3/t18-,19-,21?,22?,25?,26?,27?,28?,30?,33+,34-,35+,36?/m1/s1. The summed E-state index contributed by atoms with van der Waals surface area (Å²) in [6.45, 7) is 13.1. The number of aliphatic hydroxyl groups is 7. The topological polar surface area (TPSA) is 211 Å². The highest BCUT2D eigenvalue weighted by atomic mass is 16.7. The van der Waals surface area contributed by atoms with Gasteiger partial charge in [-0.2, -0.15) is 0 Å². The van der Waals surface area contributed by atoms with Gasteiger partial charge in [0, 0.05) is 30.1 Å². The second kappa shape index (κ2) is 11.8. The monoisotopic (exact) mass is 678 g/mol. The minimum Gasteiger partial charge on any atom is -0.459 e. The molecule has 0 radical (unpaired) electrons. The second-order valence-electron chi connectivity index (χ2n) is 17.1. The number of carbonyl (C=O) groups is 3. The molecule has 12 nitrogen and oxygen atoms in total. The van der Waals surface area contributed by atoms with Crippen LogP contribution in [-0.4, -0.2) is 108 Å². The maximum absolute atomic E-state index is 14.7. The Kier molecular flexibility index (Phi) is 9.12. The summed E-state index contributed by atoms with van der Waals surface area (Å²) in [5, 5.41) is 74.5. The number of hydrogen-bond acceptors (Lipinski definition) is 12. The lowest BCUT2D eigenvalue weighted by Gasteiger charge is -2.63. The van der Waals surface area contributed by atoms with E-state index in [0.29, 0.717) is 6.42 Å². The van der Waals surface area contributed by atoms with E-state index in [2.05, 4.69) is 0 Å². The van der Waals surface area contributed by atoms with Crippen molar-refractivity contribution in [2.75, 3.05) is 6.61 Å². The summed E-state index contributed by atoms with van der Waals surface area (Å²) in [4.78, 5) is 42.0. The van der Waals surface area contributed by atoms with E-state index >= 15 is 0 Å². The molecule has 0 spiro atoms. The zero-order valence-electron chi connectivity index (χ0n) is 29.3. The second-order valence-corrected chi connectivity index (χ2v) is 17.1. The molecule has 0 bridgehead atoms. The van der Waals surface area contributed by atoms with Gasteiger partial charge >= 0.3 is 0 Å². The summed E-state index contributed by atoms with van der Waals surface area (Å²) in [6, 6.07) is 0. The first-order chi connectivity index (χ1) is 21.9. The number of Topliss-reactive ketones (excluding diaryl/α,β-unsaturated/α-hetero) is 3. The molecule has 5 aliphatic rings. The predicted octanol–water partition coefficient (Wildman–Crippen LogP) is 1.10. The first-order valence-corrected chi connectivity index (χ1v) is 17.0. The average Bonchev–Trinajstić information content (AvgIpc) is 3.19. The van der Waals surface area contributed by atoms with Crippen LogP contribution in [0.3, 0.4) is 0 Å². The molecule has 0 aromatic carbocycles. The van der Waals surface area contributed by atoms with E-state index in [1.54, 1.807) is 33.8 Å². The molecule has 8 unspecified atom stereocenters. The van der Waals surface area contributed by atoms with Crippen LogP contribution in [0.5, 0.6) is 0 Å². The van der Waals surface area contributed by atoms with Gasteiger partial charge < -0.3 is 45.2 Å². The van der Waals surface area contributed by atoms with Gasteiger partial charge in [-0.1, -0.05) is 32.4 Å². The molecule has 13 atom stereocenters. The van der Waals surface area contributed by atoms with Gasteiger partial charge in [0.2, 0.25) is 12.1 Å². The quantitative estimate of drug-likeness (QED) is 0.180. The summed E-state index contributed by atoms with van der Waals surface area (Å²) in [5.74, 6) is -3.21. The molecular formula is C36H54O12. The average molecular weight is 679 g/mol. The first kappa shape index (κ1) is 37.2. The molecule has 0 aromatic heterocycles. The Morgan fingerprint density at radius 1 is 0.979 bits per heavy atom. The number of aliphatic hydroxyl groups excluding tert-OH is 5. The Bertz CT molecular complexity index is 1410. The fraction of sp³-hybridized carbons (Fsp3) is 0.806. The van der Waals surface area contributed by atoms with Crippen molar-refractivity contribution in [2.45, 2.75) is 136 Å². The molecule has 1 aliphatic heterocycles. The maximum atomic E-state index is 14.7. The number of allylic oxidation sites excluding steroid dienone is 4. The third-order valence-electron chi connectivity index (χ3n) is 13.2. The lowest BCUT2D eigenvalue weighted by Crippen LogP contribution is -2.64. The number of fused-ring (bicyclic) bond motifs is 5. The minimum atomic E-state index is -1.97. The first-order valence-electron chi connectivity index (χ1n) is 17.0. The summed E-state index contributed by atoms with van der Waals surface area (Å²) in [6.07, 6.45) is -4.80. The molecule has 1 saturated heterocycles. The van der Waals surface area contributed by atoms with Crippen molar-refractivity contribution in [3.05, 3.63) is 23.5 Å². The maximum Gasteiger partial charge on any atom is 0.229 e. The highest BCUT2D eigenvalue weighted by molar-refractivity contribution is 6.02. The summed E-state index contributed by atoms with van der Waals surface area (Å²) >= 11 is 0. The van der Waals surface area contributed by atoms with Crippen LogP contribution >= 0.6 is 0 Å². The molecule has 7 N–H and O–H groups in total. The van der Waals surface area contributed by atoms with Crippen molar-refractivity contribution in [1.82, 2.24) is 0 Å². The Morgan fingerprint density at radius 3 is 2.19 bits per heavy atom. The zero-order chi connectivity index (χ0) is 36.2. The van der Waals surface area contributed by atoms with Crippen molar-refractivity contribution in [1.29, 1.82) is 0 Å². The van der Waals surface area contributed by atoms with Gasteiger partial charge in [-0.25, -0.2) is 0 Å². The van der Waals surface area contributed by atoms with Crippen LogP contribution in [0.15, 0.2) is 23.5 Å². The van der Waals surface area contributed by atoms with Crippen LogP contribution in [0.4, 0.5) is 0 Å². The normalized spacial score (nSPS) is 45.3. The fourth-order valence-electron chi connectivity index (χ4n) is 10.2. The van der Waals surface area contributed by atoms with Gasteiger partial charge in [0.1, 0.15) is 35.8 Å². The fourth-order valence-corrected chi connectivity index (χ4v) is 10.2. The van der Waals surface area contributed by atoms with Crippen molar-refractivity contribution < 1.29 is 59.6 Å². The SMILES string of the molecule is CC(C)(O)CCC(=O)C(C)(O)C1[C@H](O)C[C@@]2(C)C3CC=C4[C@@H](C=C(OC5OC(CO)C(O)C(O)C5O)C(=O)C4(C)C)[C@]3(C)C(=O)C[C@]12C. The van der Waals surface area contributed by atoms with Crippen molar-refractivity contribution in [3.8, 4) is 0 Å². The Balaban J connectivity index is 1.53. The van der Waals surface area contributed by atoms with E-state index < -0.39 is 99.7 Å². The largest absolute Gasteiger partial charge is 0.459 e. The summed E-state index contributed by atoms with van der Waals surface area (Å²) in [7, 11) is 0. The van der Waals surface area contributed by atoms with Gasteiger partial charge in [0.05, 0.1) is 23.7 Å². The summed E-state index contributed by atoms with van der Waals surface area (Å²) in [5.41, 5.74) is -6.30. The van der Waals surface area contributed by atoms with Gasteiger partial charge in [-0.05, 0) is 76.7 Å². The molecule has 0 amide bonds. The Labute approximate surface area is 281 Å². The molecule has 5 rings (SSSR count). The van der Waals surface area contributed by atoms with Crippen LogP contribution in [0.1, 0.15) is 87.5 Å². The zero-order valence-corrected chi connectivity index (χ0v) is 29.3. The van der Waals surface area contributed by atoms with Crippen molar-refractivity contribution >= 4 is 17.3 Å². The minimum absolute atomic E-state index is 0.0396. The molecule has 48 heavy (non-hydrogen) atoms. The lowest BCUT2D eigenvalue weighted by atomic mass is 9.39. The number of rotatable bonds is 8. The van der Waals surface area contributed by atoms with E-state index in [4.69, 9.17) is 9.47 Å². The number of ketones is 3. The van der Waals surface area contributed by atoms with Crippen molar-refractivity contribution in [2.24, 2.45) is 39.4 Å². The highest BCUT2D eigenvalue weighted by Crippen LogP contribution is 2.74. The summed E-state index contributed by atoms with van der Waals surface area (Å²) < 4.78 is 11.5. The molecule has 4 aliphatic carbocycles. The van der Waals surface area contributed by atoms with E-state index in [-0.39, 0.29) is 43.1 Å². The predicted molar refractivity (Wildman–Crippen MR) is 171 cm³/mol. The van der Waals surface area contributed by atoms with Crippen LogP contribution < -0.4 is 0 Å². The number of hydrogen-bond donors (Lipinski definition) is 7. The molecule has 2 saturated carbocycles. The third kappa shape index (κ3) is 5.28. The molecule has 0 aromatic rings. The molecule has 12 heteroatoms. The number of carbonyl (C=O) groups excluding carboxylic acids is 3. The van der Waals surface area contributed by atoms with Crippen LogP contribution in [0.2, 0.25) is 0 Å². The molecule has 270 valence electrons. The smallest absolute Gasteiger partial charge is 0.229 e. The third-order valence-corrected chi connectivity index (χ3v) is 13.2. The van der Waals surface area contributed by atoms with Crippen molar-refractivity contribution in [3.63, 3.8) is 0 Å². The van der Waals surface area contributed by atoms with Gasteiger partial charge in [0.25, 0.3) is 0 Å². The molecular weight excluding hydrogens is 624 g/mol. The van der Waals surface area contributed by atoms with E-state index in [0.717, 1.165) is 5.57 Å². The van der Waals surface area contributed by atoms with E-state index in [1.165, 1.54) is 6.92 Å². The van der Waals surface area contributed by atoms with Gasteiger partial charge in [-0.15, -0.1) is 0 Å². The highest BCUT2D eigenvalue weighted by Gasteiger charge is 2.74. The van der Waals surface area contributed by atoms with Crippen LogP contribution in [0, 0.1) is 39.4 Å². The Morgan fingerprint density at radius 2 is 1.60 bits per heavy atom. The molecule has 1 heterocycles. The lowest BCUT2D eigenvalue weighted by molar-refractivity contribution is -0.291. The Hall–Kier alpha value is -2.03. The van der Waals surface area contributed by atoms with E-state index in [1.807, 2.05) is 26.8 Å². The molecule has 3 fully saturated rings. The van der Waals surface area contributed by atoms with Gasteiger partial charge in [-0.3, -0.25) is 14.4 Å². The van der Waals surface area contributed by atoms with Crippen LogP contribution in [0.25, 0.3) is 0 Å². The van der Waals surface area contributed by atoms with Crippen LogP contribution in [-0.2, 0) is 23.9 Å². The van der Waals surface area contributed by atoms with E-state index in [9.17, 15) is 50.1 Å².